The molecule has 2 atom stereocenters. The Balaban J connectivity index is 3.44. The maximum atomic E-state index is 12.1. The minimum absolute atomic E-state index is 0.0276. The molecule has 0 spiro atoms. The van der Waals surface area contributed by atoms with Crippen LogP contribution in [0.15, 0.2) is 9.98 Å². The number of aliphatic imine (C=N–C) groups is 2. The SMILES string of the molecule is O=C(NCSCSCSC/N=C\S(=O)CSCSCSC(=O)NCSCSCSC/N=C\S(=O)CSCSCO)SCSCSCO. The Bertz CT molecular complexity index is 870. The molecule has 10 nitrogen and oxygen atoms in total. The van der Waals surface area contributed by atoms with Crippen LogP contribution in [0.25, 0.3) is 0 Å². The van der Waals surface area contributed by atoms with Gasteiger partial charge in [0.05, 0.1) is 78.2 Å². The Kier molecular flexibility index (Phi) is 45.2. The van der Waals surface area contributed by atoms with Crippen LogP contribution in [0.1, 0.15) is 0 Å². The van der Waals surface area contributed by atoms with Gasteiger partial charge in [-0.25, -0.2) is 0 Å². The fourth-order valence-electron chi connectivity index (χ4n) is 1.92. The second-order valence-corrected chi connectivity index (χ2v) is 27.2. The fraction of sp³-hybridized carbons (Fsp3) is 0.810. The van der Waals surface area contributed by atoms with E-state index in [1.165, 1.54) is 69.9 Å². The monoisotopic (exact) mass is 956 g/mol. The van der Waals surface area contributed by atoms with E-state index in [-0.39, 0.29) is 22.4 Å². The standard InChI is InChI=1S/C21H40N4O6S16/c26-7-36-13-40-16-44-20(28)24-3-34-11-39-10-33-2-23-6-47(31)19-43-15-41-17-45-21(29)25-4-35-12-38-9-32-1-22-5-46(30)18-42-14-37-8-27/h5-6,26-27H,1-4,7-19H2,(H,24,28)(H,25,29)/b22-5-,23-6-. The van der Waals surface area contributed by atoms with E-state index in [2.05, 4.69) is 20.6 Å². The van der Waals surface area contributed by atoms with Gasteiger partial charge >= 0.3 is 0 Å². The van der Waals surface area contributed by atoms with Gasteiger partial charge in [-0.15, -0.1) is 141 Å². The molecule has 0 aromatic carbocycles. The highest BCUT2D eigenvalue weighted by Crippen LogP contribution is 2.21. The van der Waals surface area contributed by atoms with Gasteiger partial charge in [-0.3, -0.25) is 28.0 Å². The third-order valence-corrected chi connectivity index (χ3v) is 21.8. The highest BCUT2D eigenvalue weighted by Gasteiger charge is 2.04. The minimum atomic E-state index is -1.11. The van der Waals surface area contributed by atoms with Crippen LogP contribution in [0.2, 0.25) is 0 Å². The van der Waals surface area contributed by atoms with Crippen molar-refractivity contribution in [2.24, 2.45) is 9.98 Å². The van der Waals surface area contributed by atoms with E-state index in [1.54, 1.807) is 106 Å². The molecule has 2 unspecified atom stereocenters. The van der Waals surface area contributed by atoms with Gasteiger partial charge in [0.15, 0.2) is 0 Å². The van der Waals surface area contributed by atoms with E-state index in [9.17, 15) is 18.0 Å². The number of thioether (sulfide) groups is 14. The lowest BCUT2D eigenvalue weighted by molar-refractivity contribution is 0.261. The van der Waals surface area contributed by atoms with Gasteiger partial charge in [0.2, 0.25) is 0 Å². The average Bonchev–Trinajstić information content (AvgIpc) is 3.06. The zero-order chi connectivity index (χ0) is 34.5. The van der Waals surface area contributed by atoms with Gasteiger partial charge in [0.1, 0.15) is 0 Å². The molecule has 0 rings (SSSR count). The van der Waals surface area contributed by atoms with Gasteiger partial charge in [0, 0.05) is 45.8 Å². The number of hydrogen-bond acceptors (Lipinski definition) is 22. The van der Waals surface area contributed by atoms with Gasteiger partial charge in [-0.2, -0.15) is 0 Å². The Morgan fingerprint density at radius 3 is 1.32 bits per heavy atom. The molecule has 0 aromatic rings. The second kappa shape index (κ2) is 42.1. The highest BCUT2D eigenvalue weighted by atomic mass is 32.3. The maximum absolute atomic E-state index is 12.1. The normalized spacial score (nSPS) is 13.0. The van der Waals surface area contributed by atoms with Crippen LogP contribution in [0.3, 0.4) is 0 Å². The number of aliphatic hydroxyl groups excluding tert-OH is 2. The first-order chi connectivity index (χ1) is 23.0. The zero-order valence-electron chi connectivity index (χ0n) is 25.1. The third-order valence-electron chi connectivity index (χ3n) is 3.65. The molecular weight excluding hydrogens is 917 g/mol. The summed E-state index contributed by atoms with van der Waals surface area (Å²) in [4.78, 5) is 32.0. The number of hydrogen-bond donors (Lipinski definition) is 4. The number of carbonyl (C=O) groups excluding carboxylic acids is 2. The summed E-state index contributed by atoms with van der Waals surface area (Å²) in [5, 5.41) is 31.1. The van der Waals surface area contributed by atoms with Gasteiger partial charge < -0.3 is 20.8 Å². The predicted octanol–water partition coefficient (Wildman–Crippen LogP) is 7.49. The molecule has 0 radical (unpaired) electrons. The number of carbonyl (C=O) groups is 2. The summed E-state index contributed by atoms with van der Waals surface area (Å²) in [7, 11) is -2.18. The zero-order valence-corrected chi connectivity index (χ0v) is 38.2. The van der Waals surface area contributed by atoms with Crippen molar-refractivity contribution in [1.29, 1.82) is 0 Å². The van der Waals surface area contributed by atoms with Crippen LogP contribution in [0, 0.1) is 0 Å². The molecule has 4 N–H and O–H groups in total. The molecule has 0 saturated carbocycles. The number of amides is 2. The van der Waals surface area contributed by atoms with Crippen molar-refractivity contribution in [2.45, 2.75) is 0 Å². The lowest BCUT2D eigenvalue weighted by atomic mass is 11.2. The summed E-state index contributed by atoms with van der Waals surface area (Å²) in [6.45, 7) is 0. The fourth-order valence-corrected chi connectivity index (χ4v) is 17.7. The summed E-state index contributed by atoms with van der Waals surface area (Å²) < 4.78 is 23.8. The van der Waals surface area contributed by atoms with Crippen LogP contribution in [0.5, 0.6) is 0 Å². The largest absolute Gasteiger partial charge is 0.386 e. The molecule has 0 fully saturated rings. The molecule has 0 heterocycles. The quantitative estimate of drug-likeness (QED) is 0.0218. The van der Waals surface area contributed by atoms with Crippen molar-refractivity contribution < 1.29 is 28.2 Å². The maximum Gasteiger partial charge on any atom is 0.280 e. The lowest BCUT2D eigenvalue weighted by Gasteiger charge is -2.05. The Morgan fingerprint density at radius 2 is 0.872 bits per heavy atom. The highest BCUT2D eigenvalue weighted by molar-refractivity contribution is 8.29. The van der Waals surface area contributed by atoms with Crippen molar-refractivity contribution in [1.82, 2.24) is 10.6 Å². The summed E-state index contributed by atoms with van der Waals surface area (Å²) >= 11 is 21.8. The summed E-state index contributed by atoms with van der Waals surface area (Å²) in [5.41, 5.74) is 3.00. The van der Waals surface area contributed by atoms with E-state index < -0.39 is 21.6 Å². The summed E-state index contributed by atoms with van der Waals surface area (Å²) in [6.07, 6.45) is 0. The van der Waals surface area contributed by atoms with Gasteiger partial charge in [-0.05, 0) is 0 Å². The molecule has 0 bridgehead atoms. The van der Waals surface area contributed by atoms with Crippen molar-refractivity contribution in [2.75, 3.05) is 91.3 Å². The van der Waals surface area contributed by atoms with Crippen LogP contribution >= 0.6 is 165 Å². The summed E-state index contributed by atoms with van der Waals surface area (Å²) in [5.74, 6) is 2.47. The molecule has 2 amide bonds. The van der Waals surface area contributed by atoms with Crippen LogP contribution in [0.4, 0.5) is 9.59 Å². The number of rotatable bonds is 34. The van der Waals surface area contributed by atoms with Gasteiger partial charge in [-0.1, -0.05) is 23.5 Å². The van der Waals surface area contributed by atoms with E-state index in [0.29, 0.717) is 43.8 Å². The molecule has 26 heteroatoms. The van der Waals surface area contributed by atoms with E-state index in [4.69, 9.17) is 10.2 Å². The summed E-state index contributed by atoms with van der Waals surface area (Å²) in [6, 6.07) is 0. The first-order valence-electron chi connectivity index (χ1n) is 12.7. The molecule has 47 heavy (non-hydrogen) atoms. The van der Waals surface area contributed by atoms with Crippen molar-refractivity contribution in [3.63, 3.8) is 0 Å². The van der Waals surface area contributed by atoms with Crippen molar-refractivity contribution in [3.8, 4) is 0 Å². The van der Waals surface area contributed by atoms with Crippen molar-refractivity contribution >= 4 is 208 Å². The van der Waals surface area contributed by atoms with E-state index in [1.807, 2.05) is 0 Å². The first kappa shape index (κ1) is 50.4. The minimum Gasteiger partial charge on any atom is -0.386 e. The van der Waals surface area contributed by atoms with E-state index >= 15 is 0 Å². The number of aliphatic hydroxyl groups is 2. The Hall–Kier alpha value is 3.40. The lowest BCUT2D eigenvalue weighted by Crippen LogP contribution is -2.17. The van der Waals surface area contributed by atoms with E-state index in [0.717, 1.165) is 35.6 Å². The van der Waals surface area contributed by atoms with Crippen molar-refractivity contribution in [3.05, 3.63) is 0 Å². The van der Waals surface area contributed by atoms with Crippen LogP contribution < -0.4 is 10.6 Å². The second-order valence-electron chi connectivity index (χ2n) is 7.11. The third kappa shape index (κ3) is 42.0. The predicted molar refractivity (Wildman–Crippen MR) is 244 cm³/mol. The molecule has 0 aromatic heterocycles. The van der Waals surface area contributed by atoms with Crippen LogP contribution in [-0.4, -0.2) is 132 Å². The van der Waals surface area contributed by atoms with Crippen LogP contribution in [-0.2, 0) is 21.6 Å². The number of nitrogens with zero attached hydrogens (tertiary/aromatic N) is 2. The molecule has 0 aliphatic carbocycles. The topological polar surface area (TPSA) is 158 Å². The smallest absolute Gasteiger partial charge is 0.280 e. The molecule has 0 saturated heterocycles. The average molecular weight is 958 g/mol. The Labute approximate surface area is 343 Å². The Morgan fingerprint density at radius 1 is 0.511 bits per heavy atom. The molecule has 0 aliphatic heterocycles. The van der Waals surface area contributed by atoms with Gasteiger partial charge in [0.25, 0.3) is 10.5 Å². The molecule has 276 valence electrons. The first-order valence-corrected chi connectivity index (χ1v) is 31.3. The molecule has 0 aliphatic rings. The number of nitrogens with one attached hydrogen (secondary N) is 2. The molecular formula is C21H40N4O6S16.